The van der Waals surface area contributed by atoms with E-state index in [9.17, 15) is 0 Å². The number of rotatable bonds is 6. The van der Waals surface area contributed by atoms with Crippen molar-refractivity contribution in [2.24, 2.45) is 0 Å². The third-order valence-electron chi connectivity index (χ3n) is 5.30. The number of anilines is 2. The first kappa shape index (κ1) is 19.1. The first-order valence-electron chi connectivity index (χ1n) is 10.0. The second kappa shape index (κ2) is 8.41. The largest absolute Gasteiger partial charge is 0.340 e. The predicted octanol–water partition coefficient (Wildman–Crippen LogP) is 5.69. The van der Waals surface area contributed by atoms with Gasteiger partial charge in [-0.1, -0.05) is 49.4 Å². The Morgan fingerprint density at radius 3 is 2.24 bits per heavy atom. The minimum Gasteiger partial charge on any atom is -0.340 e. The number of nitrogens with one attached hydrogen (secondary N) is 2. The summed E-state index contributed by atoms with van der Waals surface area (Å²) in [7, 11) is 0. The standard InChI is InChI=1S/C25H26N4/c1-4-26-24(19-8-6-5-7-9-19)20-10-12-21(13-11-20)29-25-22-14-17(2)18(3)15-23(22)27-16-28-25/h5-16,24,26H,4H2,1-3H3,(H,27,28,29)/t24-/m0/s1. The van der Waals surface area contributed by atoms with Crippen molar-refractivity contribution in [3.8, 4) is 0 Å². The average molecular weight is 383 g/mol. The Kier molecular flexibility index (Phi) is 5.54. The molecule has 3 aromatic carbocycles. The SMILES string of the molecule is CCN[C@@H](c1ccccc1)c1ccc(Nc2ncnc3cc(C)c(C)cc23)cc1. The summed E-state index contributed by atoms with van der Waals surface area (Å²) in [4.78, 5) is 8.89. The lowest BCUT2D eigenvalue weighted by atomic mass is 9.98. The van der Waals surface area contributed by atoms with Crippen LogP contribution in [0.3, 0.4) is 0 Å². The van der Waals surface area contributed by atoms with Crippen LogP contribution in [0, 0.1) is 13.8 Å². The molecule has 0 saturated carbocycles. The summed E-state index contributed by atoms with van der Waals surface area (Å²) in [6.45, 7) is 7.27. The molecule has 0 unspecified atom stereocenters. The highest BCUT2D eigenvalue weighted by atomic mass is 15.0. The van der Waals surface area contributed by atoms with E-state index in [0.29, 0.717) is 0 Å². The van der Waals surface area contributed by atoms with Gasteiger partial charge in [-0.3, -0.25) is 0 Å². The van der Waals surface area contributed by atoms with Crippen LogP contribution in [-0.4, -0.2) is 16.5 Å². The highest BCUT2D eigenvalue weighted by Crippen LogP contribution is 2.27. The molecule has 1 atom stereocenters. The van der Waals surface area contributed by atoms with Crippen LogP contribution in [0.1, 0.15) is 35.2 Å². The van der Waals surface area contributed by atoms with E-state index >= 15 is 0 Å². The Labute approximate surface area is 172 Å². The van der Waals surface area contributed by atoms with Crippen LogP contribution in [0.25, 0.3) is 10.9 Å². The maximum atomic E-state index is 4.47. The maximum Gasteiger partial charge on any atom is 0.141 e. The number of nitrogens with zero attached hydrogens (tertiary/aromatic N) is 2. The molecule has 4 heteroatoms. The van der Waals surface area contributed by atoms with Gasteiger partial charge < -0.3 is 10.6 Å². The van der Waals surface area contributed by atoms with E-state index in [1.54, 1.807) is 6.33 Å². The quantitative estimate of drug-likeness (QED) is 0.450. The van der Waals surface area contributed by atoms with Gasteiger partial charge in [0.2, 0.25) is 0 Å². The molecule has 0 fully saturated rings. The monoisotopic (exact) mass is 382 g/mol. The van der Waals surface area contributed by atoms with Crippen molar-refractivity contribution in [1.29, 1.82) is 0 Å². The molecule has 1 heterocycles. The van der Waals surface area contributed by atoms with Crippen LogP contribution in [0.4, 0.5) is 11.5 Å². The summed E-state index contributed by atoms with van der Waals surface area (Å²) < 4.78 is 0. The van der Waals surface area contributed by atoms with Gasteiger partial charge >= 0.3 is 0 Å². The summed E-state index contributed by atoms with van der Waals surface area (Å²) >= 11 is 0. The molecule has 4 aromatic rings. The topological polar surface area (TPSA) is 49.8 Å². The van der Waals surface area contributed by atoms with E-state index in [0.717, 1.165) is 29.0 Å². The number of aryl methyl sites for hydroxylation is 2. The van der Waals surface area contributed by atoms with E-state index in [-0.39, 0.29) is 6.04 Å². The van der Waals surface area contributed by atoms with Crippen molar-refractivity contribution >= 4 is 22.4 Å². The fourth-order valence-electron chi connectivity index (χ4n) is 3.59. The lowest BCUT2D eigenvalue weighted by Gasteiger charge is -2.19. The Morgan fingerprint density at radius 1 is 0.828 bits per heavy atom. The van der Waals surface area contributed by atoms with Crippen molar-refractivity contribution < 1.29 is 0 Å². The van der Waals surface area contributed by atoms with E-state index in [4.69, 9.17) is 0 Å². The first-order valence-corrected chi connectivity index (χ1v) is 10.0. The zero-order chi connectivity index (χ0) is 20.2. The van der Waals surface area contributed by atoms with E-state index in [2.05, 4.69) is 108 Å². The molecule has 0 aliphatic rings. The molecule has 0 spiro atoms. The van der Waals surface area contributed by atoms with Crippen LogP contribution in [0.5, 0.6) is 0 Å². The molecule has 146 valence electrons. The molecule has 0 aliphatic carbocycles. The molecule has 0 aliphatic heterocycles. The van der Waals surface area contributed by atoms with Crippen molar-refractivity contribution in [2.75, 3.05) is 11.9 Å². The van der Waals surface area contributed by atoms with Gasteiger partial charge in [0.15, 0.2) is 0 Å². The molecular weight excluding hydrogens is 356 g/mol. The minimum absolute atomic E-state index is 0.181. The van der Waals surface area contributed by atoms with E-state index in [1.807, 2.05) is 0 Å². The Morgan fingerprint density at radius 2 is 1.52 bits per heavy atom. The van der Waals surface area contributed by atoms with Gasteiger partial charge in [-0.05, 0) is 66.9 Å². The van der Waals surface area contributed by atoms with Crippen LogP contribution in [0.2, 0.25) is 0 Å². The van der Waals surface area contributed by atoms with Gasteiger partial charge in [0.1, 0.15) is 12.1 Å². The van der Waals surface area contributed by atoms with Crippen molar-refractivity contribution in [3.05, 3.63) is 95.3 Å². The lowest BCUT2D eigenvalue weighted by Crippen LogP contribution is -2.21. The molecule has 4 rings (SSSR count). The maximum absolute atomic E-state index is 4.47. The second-order valence-electron chi connectivity index (χ2n) is 7.32. The molecule has 2 N–H and O–H groups in total. The Hall–Kier alpha value is -3.24. The Bertz CT molecular complexity index is 1100. The smallest absolute Gasteiger partial charge is 0.141 e. The summed E-state index contributed by atoms with van der Waals surface area (Å²) in [5, 5.41) is 8.08. The minimum atomic E-state index is 0.181. The number of hydrogen-bond acceptors (Lipinski definition) is 4. The zero-order valence-electron chi connectivity index (χ0n) is 17.1. The van der Waals surface area contributed by atoms with Gasteiger partial charge in [0.25, 0.3) is 0 Å². The van der Waals surface area contributed by atoms with Crippen LogP contribution in [-0.2, 0) is 0 Å². The zero-order valence-corrected chi connectivity index (χ0v) is 17.1. The van der Waals surface area contributed by atoms with Gasteiger partial charge in [-0.2, -0.15) is 0 Å². The second-order valence-corrected chi connectivity index (χ2v) is 7.32. The third kappa shape index (κ3) is 4.13. The molecular formula is C25H26N4. The summed E-state index contributed by atoms with van der Waals surface area (Å²) in [6.07, 6.45) is 1.62. The van der Waals surface area contributed by atoms with Crippen LogP contribution < -0.4 is 10.6 Å². The van der Waals surface area contributed by atoms with Crippen molar-refractivity contribution in [3.63, 3.8) is 0 Å². The Balaban J connectivity index is 1.62. The van der Waals surface area contributed by atoms with Crippen molar-refractivity contribution in [2.45, 2.75) is 26.8 Å². The summed E-state index contributed by atoms with van der Waals surface area (Å²) in [5.41, 5.74) is 6.95. The van der Waals surface area contributed by atoms with Crippen LogP contribution >= 0.6 is 0 Å². The first-order chi connectivity index (χ1) is 14.2. The molecule has 29 heavy (non-hydrogen) atoms. The number of benzene rings is 3. The average Bonchev–Trinajstić information content (AvgIpc) is 2.75. The van der Waals surface area contributed by atoms with Gasteiger partial charge in [0, 0.05) is 11.1 Å². The van der Waals surface area contributed by atoms with Crippen molar-refractivity contribution in [1.82, 2.24) is 15.3 Å². The molecule has 4 nitrogen and oxygen atoms in total. The highest BCUT2D eigenvalue weighted by Gasteiger charge is 2.13. The summed E-state index contributed by atoms with van der Waals surface area (Å²) in [5.74, 6) is 0.831. The van der Waals surface area contributed by atoms with Gasteiger partial charge in [-0.25, -0.2) is 9.97 Å². The number of aromatic nitrogens is 2. The normalized spacial score (nSPS) is 12.1. The van der Waals surface area contributed by atoms with Gasteiger partial charge in [-0.15, -0.1) is 0 Å². The number of fused-ring (bicyclic) bond motifs is 1. The summed E-state index contributed by atoms with van der Waals surface area (Å²) in [6, 6.07) is 23.5. The lowest BCUT2D eigenvalue weighted by molar-refractivity contribution is 0.631. The van der Waals surface area contributed by atoms with Crippen LogP contribution in [0.15, 0.2) is 73.1 Å². The van der Waals surface area contributed by atoms with E-state index in [1.165, 1.54) is 22.3 Å². The fraction of sp³-hybridized carbons (Fsp3) is 0.200. The van der Waals surface area contributed by atoms with E-state index < -0.39 is 0 Å². The molecule has 0 radical (unpaired) electrons. The van der Waals surface area contributed by atoms with Gasteiger partial charge in [0.05, 0.1) is 11.6 Å². The molecule has 0 saturated heterocycles. The predicted molar refractivity (Wildman–Crippen MR) is 121 cm³/mol. The fourth-order valence-corrected chi connectivity index (χ4v) is 3.59. The third-order valence-corrected chi connectivity index (χ3v) is 5.30. The molecule has 0 amide bonds. The molecule has 1 aromatic heterocycles. The number of hydrogen-bond donors (Lipinski definition) is 2. The molecule has 0 bridgehead atoms. The highest BCUT2D eigenvalue weighted by molar-refractivity contribution is 5.91.